The van der Waals surface area contributed by atoms with Gasteiger partial charge >= 0.3 is 21.1 Å². The molecule has 0 aliphatic carbocycles. The van der Waals surface area contributed by atoms with Crippen LogP contribution in [0.4, 0.5) is 0 Å². The van der Waals surface area contributed by atoms with Crippen molar-refractivity contribution in [2.75, 3.05) is 0 Å². The van der Waals surface area contributed by atoms with E-state index in [1.165, 1.54) is 5.39 Å². The van der Waals surface area contributed by atoms with E-state index in [-0.39, 0.29) is 32.5 Å². The van der Waals surface area contributed by atoms with E-state index >= 15 is 0 Å². The van der Waals surface area contributed by atoms with Crippen LogP contribution in [0.25, 0.3) is 43.4 Å². The molecule has 0 amide bonds. The molecule has 0 bridgehead atoms. The fourth-order valence-electron chi connectivity index (χ4n) is 3.95. The second-order valence-electron chi connectivity index (χ2n) is 7.81. The third-order valence-corrected chi connectivity index (χ3v) is 5.64. The molecule has 0 saturated carbocycles. The summed E-state index contributed by atoms with van der Waals surface area (Å²) in [6, 6.07) is 34.5. The summed E-state index contributed by atoms with van der Waals surface area (Å²) >= 11 is 0. The minimum Gasteiger partial charge on any atom is -0.804 e. The molecule has 2 heterocycles. The second kappa shape index (κ2) is 10.9. The molecule has 0 fully saturated rings. The molecular formula is C30H20N4Pt. The van der Waals surface area contributed by atoms with Crippen LogP contribution < -0.4 is 0 Å². The number of fused-ring (bicyclic) bond motifs is 5. The third kappa shape index (κ3) is 5.08. The molecule has 0 aliphatic rings. The molecular weight excluding hydrogens is 611 g/mol. The Morgan fingerprint density at radius 1 is 0.457 bits per heavy atom. The quantitative estimate of drug-likeness (QED) is 0.155. The topological polar surface area (TPSA) is 70.4 Å². The first-order valence-electron chi connectivity index (χ1n) is 11.0. The van der Waals surface area contributed by atoms with Crippen LogP contribution >= 0.6 is 0 Å². The second-order valence-corrected chi connectivity index (χ2v) is 7.81. The van der Waals surface area contributed by atoms with E-state index in [0.717, 1.165) is 27.2 Å². The van der Waals surface area contributed by atoms with Crippen molar-refractivity contribution in [1.29, 1.82) is 0 Å². The van der Waals surface area contributed by atoms with E-state index in [2.05, 4.69) is 46.4 Å². The molecule has 6 aromatic rings. The minimum absolute atomic E-state index is 0. The Hall–Kier alpha value is -4.01. The number of rotatable bonds is 3. The van der Waals surface area contributed by atoms with Crippen LogP contribution in [-0.2, 0) is 21.1 Å². The van der Waals surface area contributed by atoms with Gasteiger partial charge in [0.2, 0.25) is 0 Å². The number of hydrogen-bond donors (Lipinski definition) is 0. The summed E-state index contributed by atoms with van der Waals surface area (Å²) in [5, 5.41) is 24.4. The van der Waals surface area contributed by atoms with Gasteiger partial charge in [-0.25, -0.2) is 0 Å². The summed E-state index contributed by atoms with van der Waals surface area (Å²) in [7, 11) is 0. The average Bonchev–Trinajstić information content (AvgIpc) is 2.93. The Balaban J connectivity index is 0.000000162. The molecule has 0 unspecified atom stereocenters. The molecule has 0 aliphatic heterocycles. The van der Waals surface area contributed by atoms with E-state index in [1.54, 1.807) is 24.3 Å². The zero-order chi connectivity index (χ0) is 23.3. The molecule has 0 N–H and O–H groups in total. The van der Waals surface area contributed by atoms with Gasteiger partial charge in [-0.05, 0) is 28.6 Å². The Labute approximate surface area is 218 Å². The first-order valence-corrected chi connectivity index (χ1v) is 11.0. The van der Waals surface area contributed by atoms with Crippen molar-refractivity contribution >= 4 is 44.0 Å². The van der Waals surface area contributed by atoms with Gasteiger partial charge in [0.25, 0.3) is 0 Å². The predicted molar refractivity (Wildman–Crippen MR) is 142 cm³/mol. The smallest absolute Gasteiger partial charge is 0.804 e. The number of benzene rings is 4. The first-order chi connectivity index (χ1) is 16.7. The SMILES string of the molecule is [N-]=C(C(=[N-])c1ccccc1)c1ccccc1.[Pt+2].c1cnc2c(c1)ccc1ccc3cccnc3c12. The predicted octanol–water partition coefficient (Wildman–Crippen LogP) is 7.04. The zero-order valence-corrected chi connectivity index (χ0v) is 20.9. The summed E-state index contributed by atoms with van der Waals surface area (Å²) in [5.41, 5.74) is 3.05. The molecule has 170 valence electrons. The van der Waals surface area contributed by atoms with Gasteiger partial charge in [-0.3, -0.25) is 9.97 Å². The summed E-state index contributed by atoms with van der Waals surface area (Å²) in [4.78, 5) is 9.04. The molecule has 35 heavy (non-hydrogen) atoms. The molecule has 2 aromatic heterocycles. The fraction of sp³-hybridized carbons (Fsp3) is 0. The summed E-state index contributed by atoms with van der Waals surface area (Å²) in [5.74, 6) is 0. The molecule has 6 rings (SSSR count). The van der Waals surface area contributed by atoms with E-state index in [1.807, 2.05) is 60.9 Å². The van der Waals surface area contributed by atoms with Crippen LogP contribution in [0.2, 0.25) is 0 Å². The number of nitrogens with zero attached hydrogens (tertiary/aromatic N) is 4. The maximum Gasteiger partial charge on any atom is 2.00 e. The van der Waals surface area contributed by atoms with Gasteiger partial charge in [0.05, 0.1) is 11.0 Å². The molecule has 4 nitrogen and oxygen atoms in total. The normalized spacial score (nSPS) is 10.3. The molecule has 0 spiro atoms. The van der Waals surface area contributed by atoms with Gasteiger partial charge in [-0.2, -0.15) is 11.4 Å². The van der Waals surface area contributed by atoms with Crippen LogP contribution in [0.3, 0.4) is 0 Å². The maximum absolute atomic E-state index is 9.87. The van der Waals surface area contributed by atoms with Gasteiger partial charge in [0, 0.05) is 28.6 Å². The molecule has 0 atom stereocenters. The molecule has 0 saturated heterocycles. The Morgan fingerprint density at radius 3 is 1.29 bits per heavy atom. The number of pyridine rings is 2. The van der Waals surface area contributed by atoms with Crippen molar-refractivity contribution < 1.29 is 21.1 Å². The van der Waals surface area contributed by atoms with Crippen molar-refractivity contribution in [2.24, 2.45) is 0 Å². The van der Waals surface area contributed by atoms with Gasteiger partial charge in [0.1, 0.15) is 0 Å². The molecule has 4 aromatic carbocycles. The van der Waals surface area contributed by atoms with Crippen LogP contribution in [0, 0.1) is 0 Å². The van der Waals surface area contributed by atoms with Gasteiger partial charge in [0.15, 0.2) is 0 Å². The van der Waals surface area contributed by atoms with Crippen molar-refractivity contribution in [1.82, 2.24) is 9.97 Å². The molecule has 5 heteroatoms. The van der Waals surface area contributed by atoms with Gasteiger partial charge in [-0.1, -0.05) is 97.1 Å². The summed E-state index contributed by atoms with van der Waals surface area (Å²) in [6.07, 6.45) is 3.67. The van der Waals surface area contributed by atoms with E-state index < -0.39 is 0 Å². The fourth-order valence-corrected chi connectivity index (χ4v) is 3.95. The third-order valence-electron chi connectivity index (χ3n) is 5.64. The van der Waals surface area contributed by atoms with E-state index in [0.29, 0.717) is 11.1 Å². The Morgan fingerprint density at radius 2 is 0.857 bits per heavy atom. The van der Waals surface area contributed by atoms with E-state index in [4.69, 9.17) is 0 Å². The number of hydrogen-bond acceptors (Lipinski definition) is 2. The first kappa shape index (κ1) is 24.1. The summed E-state index contributed by atoms with van der Waals surface area (Å²) in [6.45, 7) is 0. The summed E-state index contributed by atoms with van der Waals surface area (Å²) < 4.78 is 0. The monoisotopic (exact) mass is 631 g/mol. The van der Waals surface area contributed by atoms with Crippen LogP contribution in [0.5, 0.6) is 0 Å². The van der Waals surface area contributed by atoms with Gasteiger partial charge in [-0.15, -0.1) is 0 Å². The largest absolute Gasteiger partial charge is 2.00 e. The zero-order valence-electron chi connectivity index (χ0n) is 18.7. The maximum atomic E-state index is 9.87. The van der Waals surface area contributed by atoms with Crippen molar-refractivity contribution in [3.05, 3.63) is 144 Å². The van der Waals surface area contributed by atoms with E-state index in [9.17, 15) is 10.8 Å². The van der Waals surface area contributed by atoms with Crippen LogP contribution in [0.1, 0.15) is 11.1 Å². The molecule has 0 radical (unpaired) electrons. The van der Waals surface area contributed by atoms with Crippen LogP contribution in [-0.4, -0.2) is 21.4 Å². The number of aromatic nitrogens is 2. The standard InChI is InChI=1S/C16H10N2.C14H10N2.Pt/c1-3-12-7-5-11-6-8-13-4-2-10-18-16(13)14(11)15(12)17-9-1;15-13(11-7-3-1-4-8-11)14(16)12-9-5-2-6-10-12;/h1-10H;1-10H;/q;-2;+2. The Kier molecular flexibility index (Phi) is 7.54. The van der Waals surface area contributed by atoms with Crippen molar-refractivity contribution in [3.8, 4) is 0 Å². The van der Waals surface area contributed by atoms with Crippen molar-refractivity contribution in [2.45, 2.75) is 0 Å². The average molecular weight is 632 g/mol. The minimum atomic E-state index is -0.105. The van der Waals surface area contributed by atoms with Gasteiger partial charge < -0.3 is 10.8 Å². The van der Waals surface area contributed by atoms with Crippen molar-refractivity contribution in [3.63, 3.8) is 0 Å². The van der Waals surface area contributed by atoms with Crippen LogP contribution in [0.15, 0.2) is 122 Å². The Bertz CT molecular complexity index is 1510.